The molecule has 0 unspecified atom stereocenters. The summed E-state index contributed by atoms with van der Waals surface area (Å²) >= 11 is 0. The van der Waals surface area contributed by atoms with E-state index in [1.807, 2.05) is 38.1 Å². The van der Waals surface area contributed by atoms with Crippen molar-refractivity contribution in [3.8, 4) is 0 Å². The van der Waals surface area contributed by atoms with Crippen LogP contribution in [0.1, 0.15) is 56.6 Å². The number of halogens is 3. The zero-order valence-electron chi connectivity index (χ0n) is 16.2. The summed E-state index contributed by atoms with van der Waals surface area (Å²) < 4.78 is 42.3. The first-order valence-corrected chi connectivity index (χ1v) is 9.89. The maximum atomic E-state index is 13.7. The summed E-state index contributed by atoms with van der Waals surface area (Å²) in [7, 11) is 0. The highest BCUT2D eigenvalue weighted by atomic mass is 19.4. The second kappa shape index (κ2) is 7.39. The van der Waals surface area contributed by atoms with E-state index in [1.165, 1.54) is 0 Å². The molecule has 0 aromatic carbocycles. The summed E-state index contributed by atoms with van der Waals surface area (Å²) in [6, 6.07) is 5.85. The van der Waals surface area contributed by atoms with Gasteiger partial charge in [0.1, 0.15) is 5.82 Å². The monoisotopic (exact) mass is 393 g/mol. The molecule has 1 N–H and O–H groups in total. The van der Waals surface area contributed by atoms with Gasteiger partial charge in [-0.1, -0.05) is 19.9 Å². The molecule has 2 aromatic rings. The first-order chi connectivity index (χ1) is 13.3. The lowest BCUT2D eigenvalue weighted by atomic mass is 9.94. The van der Waals surface area contributed by atoms with Gasteiger partial charge >= 0.3 is 6.18 Å². The molecule has 3 atom stereocenters. The number of anilines is 1. The average molecular weight is 393 g/mol. The molecule has 0 amide bonds. The number of likely N-dealkylation sites (tertiary alicyclic amines) is 1. The van der Waals surface area contributed by atoms with Gasteiger partial charge in [-0.3, -0.25) is 9.88 Å². The van der Waals surface area contributed by atoms with E-state index in [0.717, 1.165) is 35.5 Å². The van der Waals surface area contributed by atoms with Crippen molar-refractivity contribution in [2.75, 3.05) is 11.9 Å². The van der Waals surface area contributed by atoms with Gasteiger partial charge in [0.25, 0.3) is 0 Å². The molecule has 2 aliphatic heterocycles. The molecule has 0 spiro atoms. The Kier molecular flexibility index (Phi) is 5.07. The van der Waals surface area contributed by atoms with Crippen LogP contribution in [-0.4, -0.2) is 38.4 Å². The van der Waals surface area contributed by atoms with Gasteiger partial charge in [-0.2, -0.15) is 18.3 Å². The van der Waals surface area contributed by atoms with Crippen molar-refractivity contribution < 1.29 is 13.2 Å². The van der Waals surface area contributed by atoms with Gasteiger partial charge < -0.3 is 5.32 Å². The van der Waals surface area contributed by atoms with E-state index in [2.05, 4.69) is 20.3 Å². The van der Waals surface area contributed by atoms with Crippen LogP contribution in [0, 0.1) is 5.92 Å². The number of rotatable bonds is 4. The molecule has 152 valence electrons. The van der Waals surface area contributed by atoms with E-state index in [4.69, 9.17) is 0 Å². The Morgan fingerprint density at radius 1 is 1.29 bits per heavy atom. The number of hydrogen-bond donors (Lipinski definition) is 1. The summed E-state index contributed by atoms with van der Waals surface area (Å²) in [5, 5.41) is 7.71. The summed E-state index contributed by atoms with van der Waals surface area (Å²) in [4.78, 5) is 6.64. The van der Waals surface area contributed by atoms with Crippen molar-refractivity contribution in [2.24, 2.45) is 5.92 Å². The number of fused-ring (bicyclic) bond motifs is 1. The fourth-order valence-corrected chi connectivity index (χ4v) is 4.27. The number of pyridine rings is 1. The number of aromatic nitrogens is 3. The van der Waals surface area contributed by atoms with Gasteiger partial charge in [0.05, 0.1) is 17.4 Å². The Hall–Kier alpha value is -2.09. The normalized spacial score (nSPS) is 25.7. The number of hydrogen-bond acceptors (Lipinski definition) is 4. The molecule has 0 aliphatic carbocycles. The molecule has 0 radical (unpaired) electrons. The topological polar surface area (TPSA) is 46.0 Å². The minimum atomic E-state index is -4.31. The SMILES string of the molecule is CC(C)[C@@H]1C[C@H](C(F)(F)F)n2nc([C@H]3CCCN3Cc3ccccn3)cc2N1. The second-order valence-electron chi connectivity index (χ2n) is 8.14. The Morgan fingerprint density at radius 3 is 2.79 bits per heavy atom. The molecule has 4 rings (SSSR count). The number of nitrogens with one attached hydrogen (secondary N) is 1. The van der Waals surface area contributed by atoms with Crippen LogP contribution in [0.2, 0.25) is 0 Å². The highest BCUT2D eigenvalue weighted by molar-refractivity contribution is 5.42. The molecular weight excluding hydrogens is 367 g/mol. The van der Waals surface area contributed by atoms with Crippen LogP contribution >= 0.6 is 0 Å². The standard InChI is InChI=1S/C20H26F3N5/c1-13(2)15-10-18(20(21,22)23)28-19(25-15)11-16(26-28)17-7-5-9-27(17)12-14-6-3-4-8-24-14/h3-4,6,8,11,13,15,17-18,25H,5,7,9-10,12H2,1-2H3/t15-,17+,18+/m0/s1. The van der Waals surface area contributed by atoms with Gasteiger partial charge in [0, 0.05) is 24.8 Å². The van der Waals surface area contributed by atoms with Crippen molar-refractivity contribution in [3.63, 3.8) is 0 Å². The molecule has 4 heterocycles. The number of nitrogens with zero attached hydrogens (tertiary/aromatic N) is 4. The van der Waals surface area contributed by atoms with Crippen LogP contribution in [0.5, 0.6) is 0 Å². The fraction of sp³-hybridized carbons (Fsp3) is 0.600. The van der Waals surface area contributed by atoms with Crippen molar-refractivity contribution >= 4 is 5.82 Å². The van der Waals surface area contributed by atoms with E-state index < -0.39 is 12.2 Å². The van der Waals surface area contributed by atoms with E-state index in [1.54, 1.807) is 6.20 Å². The van der Waals surface area contributed by atoms with E-state index in [-0.39, 0.29) is 24.4 Å². The molecule has 2 aromatic heterocycles. The van der Waals surface area contributed by atoms with Crippen LogP contribution < -0.4 is 5.32 Å². The van der Waals surface area contributed by atoms with E-state index in [9.17, 15) is 13.2 Å². The molecule has 2 aliphatic rings. The second-order valence-corrected chi connectivity index (χ2v) is 8.14. The molecule has 0 saturated carbocycles. The van der Waals surface area contributed by atoms with Crippen LogP contribution in [0.4, 0.5) is 19.0 Å². The molecule has 5 nitrogen and oxygen atoms in total. The summed E-state index contributed by atoms with van der Waals surface area (Å²) in [5.74, 6) is 0.594. The molecular formula is C20H26F3N5. The van der Waals surface area contributed by atoms with Gasteiger partial charge in [0.2, 0.25) is 0 Å². The lowest BCUT2D eigenvalue weighted by Crippen LogP contribution is -2.41. The molecule has 0 bridgehead atoms. The third kappa shape index (κ3) is 3.74. The minimum Gasteiger partial charge on any atom is -0.367 e. The lowest BCUT2D eigenvalue weighted by Gasteiger charge is -2.35. The van der Waals surface area contributed by atoms with Crippen LogP contribution in [-0.2, 0) is 6.54 Å². The third-order valence-electron chi connectivity index (χ3n) is 5.84. The van der Waals surface area contributed by atoms with Crippen molar-refractivity contribution in [2.45, 2.75) is 64.0 Å². The maximum Gasteiger partial charge on any atom is 0.410 e. The van der Waals surface area contributed by atoms with Crippen molar-refractivity contribution in [3.05, 3.63) is 41.9 Å². The fourth-order valence-electron chi connectivity index (χ4n) is 4.27. The first-order valence-electron chi connectivity index (χ1n) is 9.89. The minimum absolute atomic E-state index is 0.0115. The van der Waals surface area contributed by atoms with Crippen LogP contribution in [0.3, 0.4) is 0 Å². The smallest absolute Gasteiger partial charge is 0.367 e. The van der Waals surface area contributed by atoms with Crippen molar-refractivity contribution in [1.82, 2.24) is 19.7 Å². The largest absolute Gasteiger partial charge is 0.410 e. The maximum absolute atomic E-state index is 13.7. The Morgan fingerprint density at radius 2 is 2.11 bits per heavy atom. The summed E-state index contributed by atoms with van der Waals surface area (Å²) in [6.07, 6.45) is -0.633. The summed E-state index contributed by atoms with van der Waals surface area (Å²) in [6.45, 7) is 5.47. The van der Waals surface area contributed by atoms with Gasteiger partial charge in [-0.05, 0) is 43.9 Å². The zero-order valence-corrected chi connectivity index (χ0v) is 16.2. The molecule has 28 heavy (non-hydrogen) atoms. The number of alkyl halides is 3. The predicted molar refractivity (Wildman–Crippen MR) is 101 cm³/mol. The predicted octanol–water partition coefficient (Wildman–Crippen LogP) is 4.56. The van der Waals surface area contributed by atoms with Gasteiger partial charge in [-0.15, -0.1) is 0 Å². The Labute approximate surface area is 162 Å². The average Bonchev–Trinajstić information content (AvgIpc) is 3.26. The van der Waals surface area contributed by atoms with Crippen LogP contribution in [0.25, 0.3) is 0 Å². The lowest BCUT2D eigenvalue weighted by molar-refractivity contribution is -0.174. The van der Waals surface area contributed by atoms with E-state index >= 15 is 0 Å². The molecule has 1 fully saturated rings. The summed E-state index contributed by atoms with van der Waals surface area (Å²) in [5.41, 5.74) is 1.68. The van der Waals surface area contributed by atoms with Crippen LogP contribution in [0.15, 0.2) is 30.5 Å². The molecule has 1 saturated heterocycles. The highest BCUT2D eigenvalue weighted by Crippen LogP contribution is 2.42. The van der Waals surface area contributed by atoms with E-state index in [0.29, 0.717) is 12.4 Å². The molecule has 8 heteroatoms. The Balaban J connectivity index is 1.61. The highest BCUT2D eigenvalue weighted by Gasteiger charge is 2.47. The van der Waals surface area contributed by atoms with Crippen molar-refractivity contribution in [1.29, 1.82) is 0 Å². The first kappa shape index (κ1) is 19.2. The quantitative estimate of drug-likeness (QED) is 0.827. The van der Waals surface area contributed by atoms with Gasteiger partial charge in [0.15, 0.2) is 6.04 Å². The Bertz CT molecular complexity index is 802. The third-order valence-corrected chi connectivity index (χ3v) is 5.84. The zero-order chi connectivity index (χ0) is 19.9. The van der Waals surface area contributed by atoms with Gasteiger partial charge in [-0.25, -0.2) is 4.68 Å².